The van der Waals surface area contributed by atoms with Gasteiger partial charge in [0.15, 0.2) is 0 Å². The quantitative estimate of drug-likeness (QED) is 0.726. The molecule has 1 atom stereocenters. The Kier molecular flexibility index (Phi) is 6.29. The molecule has 0 radical (unpaired) electrons. The lowest BCUT2D eigenvalue weighted by atomic mass is 10.1. The summed E-state index contributed by atoms with van der Waals surface area (Å²) in [6.45, 7) is 6.04. The Morgan fingerprint density at radius 2 is 1.86 bits per heavy atom. The van der Waals surface area contributed by atoms with E-state index in [1.54, 1.807) is 0 Å². The lowest BCUT2D eigenvalue weighted by Crippen LogP contribution is -2.17. The molecule has 2 aromatic carbocycles. The number of hydrogen-bond donors (Lipinski definition) is 1. The molecule has 2 nitrogen and oxygen atoms in total. The molecule has 0 amide bonds. The number of aryl methyl sites for hydroxylation is 1. The molecule has 2 heteroatoms. The predicted octanol–water partition coefficient (Wildman–Crippen LogP) is 4.37. The third kappa shape index (κ3) is 5.24. The molecule has 0 heterocycles. The van der Waals surface area contributed by atoms with E-state index in [2.05, 4.69) is 67.7 Å². The van der Waals surface area contributed by atoms with Gasteiger partial charge < -0.3 is 10.1 Å². The first-order valence-corrected chi connectivity index (χ1v) is 7.79. The third-order valence-electron chi connectivity index (χ3n) is 3.59. The van der Waals surface area contributed by atoms with Crippen LogP contribution in [-0.4, -0.2) is 13.2 Å². The Labute approximate surface area is 128 Å². The van der Waals surface area contributed by atoms with Crippen molar-refractivity contribution < 1.29 is 4.74 Å². The Morgan fingerprint density at radius 3 is 2.62 bits per heavy atom. The van der Waals surface area contributed by atoms with E-state index < -0.39 is 0 Å². The summed E-state index contributed by atoms with van der Waals surface area (Å²) in [5, 5.41) is 3.42. The summed E-state index contributed by atoms with van der Waals surface area (Å²) in [6.07, 6.45) is 2.10. The first kappa shape index (κ1) is 15.6. The van der Waals surface area contributed by atoms with Crippen LogP contribution >= 0.6 is 0 Å². The maximum absolute atomic E-state index is 5.87. The van der Waals surface area contributed by atoms with E-state index in [-0.39, 0.29) is 0 Å². The number of rotatable bonds is 8. The first-order chi connectivity index (χ1) is 10.3. The van der Waals surface area contributed by atoms with E-state index >= 15 is 0 Å². The topological polar surface area (TPSA) is 21.3 Å². The summed E-state index contributed by atoms with van der Waals surface area (Å²) in [5.41, 5.74) is 2.65. The molecule has 0 bridgehead atoms. The largest absolute Gasteiger partial charge is 0.494 e. The fourth-order valence-electron chi connectivity index (χ4n) is 2.41. The molecule has 0 aromatic heterocycles. The molecule has 0 saturated carbocycles. The van der Waals surface area contributed by atoms with Gasteiger partial charge in [-0.05, 0) is 49.6 Å². The molecule has 2 aromatic rings. The first-order valence-electron chi connectivity index (χ1n) is 7.79. The molecule has 0 aliphatic rings. The standard InChI is InChI=1S/C19H25NO/c1-3-20-16(2)18-12-7-13-19(15-18)21-14-8-11-17-9-5-4-6-10-17/h4-7,9-10,12-13,15-16,20H,3,8,11,14H2,1-2H3. The summed E-state index contributed by atoms with van der Waals surface area (Å²) < 4.78 is 5.87. The average Bonchev–Trinajstić information content (AvgIpc) is 2.53. The van der Waals surface area contributed by atoms with E-state index in [0.29, 0.717) is 6.04 Å². The second-order valence-corrected chi connectivity index (χ2v) is 5.29. The van der Waals surface area contributed by atoms with Gasteiger partial charge in [0.1, 0.15) is 5.75 Å². The van der Waals surface area contributed by atoms with Crippen LogP contribution in [0.15, 0.2) is 54.6 Å². The van der Waals surface area contributed by atoms with Crippen LogP contribution in [0.3, 0.4) is 0 Å². The van der Waals surface area contributed by atoms with Gasteiger partial charge in [0.05, 0.1) is 6.61 Å². The molecule has 1 unspecified atom stereocenters. The van der Waals surface area contributed by atoms with E-state index in [1.807, 2.05) is 6.07 Å². The highest BCUT2D eigenvalue weighted by atomic mass is 16.5. The summed E-state index contributed by atoms with van der Waals surface area (Å²) >= 11 is 0. The zero-order valence-electron chi connectivity index (χ0n) is 13.0. The van der Waals surface area contributed by atoms with E-state index in [1.165, 1.54) is 11.1 Å². The van der Waals surface area contributed by atoms with Crippen molar-refractivity contribution in [3.05, 3.63) is 65.7 Å². The lowest BCUT2D eigenvalue weighted by molar-refractivity contribution is 0.310. The SMILES string of the molecule is CCNC(C)c1cccc(OCCCc2ccccc2)c1. The van der Waals surface area contributed by atoms with Crippen LogP contribution in [0.4, 0.5) is 0 Å². The number of hydrogen-bond acceptors (Lipinski definition) is 2. The van der Waals surface area contributed by atoms with Crippen molar-refractivity contribution in [2.24, 2.45) is 0 Å². The molecule has 0 aliphatic heterocycles. The molecule has 0 fully saturated rings. The number of ether oxygens (including phenoxy) is 1. The Hall–Kier alpha value is -1.80. The van der Waals surface area contributed by atoms with Gasteiger partial charge in [-0.15, -0.1) is 0 Å². The summed E-state index contributed by atoms with van der Waals surface area (Å²) in [5.74, 6) is 0.963. The highest BCUT2D eigenvalue weighted by Gasteiger charge is 2.04. The van der Waals surface area contributed by atoms with Crippen molar-refractivity contribution in [1.82, 2.24) is 5.32 Å². The minimum Gasteiger partial charge on any atom is -0.494 e. The Balaban J connectivity index is 1.79. The second-order valence-electron chi connectivity index (χ2n) is 5.29. The third-order valence-corrected chi connectivity index (χ3v) is 3.59. The van der Waals surface area contributed by atoms with Crippen molar-refractivity contribution in [3.8, 4) is 5.75 Å². The maximum atomic E-state index is 5.87. The molecule has 0 saturated heterocycles. The van der Waals surface area contributed by atoms with Crippen LogP contribution in [0.25, 0.3) is 0 Å². The van der Waals surface area contributed by atoms with Crippen molar-refractivity contribution in [3.63, 3.8) is 0 Å². The summed E-state index contributed by atoms with van der Waals surface area (Å²) in [7, 11) is 0. The fourth-order valence-corrected chi connectivity index (χ4v) is 2.41. The fraction of sp³-hybridized carbons (Fsp3) is 0.368. The zero-order valence-corrected chi connectivity index (χ0v) is 13.0. The molecular weight excluding hydrogens is 258 g/mol. The zero-order chi connectivity index (χ0) is 14.9. The summed E-state index contributed by atoms with van der Waals surface area (Å²) in [6, 6.07) is 19.3. The van der Waals surface area contributed by atoms with Gasteiger partial charge in [-0.3, -0.25) is 0 Å². The molecule has 21 heavy (non-hydrogen) atoms. The van der Waals surface area contributed by atoms with Gasteiger partial charge in [-0.1, -0.05) is 49.4 Å². The summed E-state index contributed by atoms with van der Waals surface area (Å²) in [4.78, 5) is 0. The van der Waals surface area contributed by atoms with E-state index in [0.717, 1.165) is 31.7 Å². The van der Waals surface area contributed by atoms with E-state index in [9.17, 15) is 0 Å². The normalized spacial score (nSPS) is 12.1. The van der Waals surface area contributed by atoms with Crippen molar-refractivity contribution in [2.45, 2.75) is 32.7 Å². The van der Waals surface area contributed by atoms with Crippen LogP contribution in [0.2, 0.25) is 0 Å². The highest BCUT2D eigenvalue weighted by Crippen LogP contribution is 2.19. The molecular formula is C19H25NO. The van der Waals surface area contributed by atoms with Gasteiger partial charge >= 0.3 is 0 Å². The van der Waals surface area contributed by atoms with Crippen LogP contribution < -0.4 is 10.1 Å². The maximum Gasteiger partial charge on any atom is 0.119 e. The molecule has 1 N–H and O–H groups in total. The lowest BCUT2D eigenvalue weighted by Gasteiger charge is -2.14. The minimum absolute atomic E-state index is 0.364. The molecule has 112 valence electrons. The number of nitrogens with one attached hydrogen (secondary N) is 1. The van der Waals surface area contributed by atoms with E-state index in [4.69, 9.17) is 4.74 Å². The number of benzene rings is 2. The predicted molar refractivity (Wildman–Crippen MR) is 88.8 cm³/mol. The van der Waals surface area contributed by atoms with Crippen molar-refractivity contribution in [2.75, 3.05) is 13.2 Å². The smallest absolute Gasteiger partial charge is 0.119 e. The van der Waals surface area contributed by atoms with Gasteiger partial charge in [0.25, 0.3) is 0 Å². The van der Waals surface area contributed by atoms with Gasteiger partial charge in [-0.25, -0.2) is 0 Å². The molecule has 0 aliphatic carbocycles. The van der Waals surface area contributed by atoms with Crippen LogP contribution in [0.1, 0.15) is 37.4 Å². The second kappa shape index (κ2) is 8.48. The van der Waals surface area contributed by atoms with Crippen LogP contribution in [0, 0.1) is 0 Å². The molecule has 2 rings (SSSR count). The monoisotopic (exact) mass is 283 g/mol. The van der Waals surface area contributed by atoms with Crippen molar-refractivity contribution >= 4 is 0 Å². The van der Waals surface area contributed by atoms with Gasteiger partial charge in [0, 0.05) is 6.04 Å². The Bertz CT molecular complexity index is 524. The van der Waals surface area contributed by atoms with Crippen molar-refractivity contribution in [1.29, 1.82) is 0 Å². The highest BCUT2D eigenvalue weighted by molar-refractivity contribution is 5.30. The Morgan fingerprint density at radius 1 is 1.05 bits per heavy atom. The van der Waals surface area contributed by atoms with Crippen LogP contribution in [-0.2, 0) is 6.42 Å². The van der Waals surface area contributed by atoms with Gasteiger partial charge in [0.2, 0.25) is 0 Å². The van der Waals surface area contributed by atoms with Gasteiger partial charge in [-0.2, -0.15) is 0 Å². The van der Waals surface area contributed by atoms with Crippen LogP contribution in [0.5, 0.6) is 5.75 Å². The average molecular weight is 283 g/mol. The molecule has 0 spiro atoms. The minimum atomic E-state index is 0.364.